The van der Waals surface area contributed by atoms with Crippen molar-refractivity contribution in [1.29, 1.82) is 0 Å². The SMILES string of the molecule is CC[C@@H](C(=O)O)N1C[C@@H](COC)C2(CCC2)C1. The third kappa shape index (κ3) is 2.20. The number of rotatable bonds is 5. The van der Waals surface area contributed by atoms with E-state index in [0.29, 0.717) is 17.8 Å². The van der Waals surface area contributed by atoms with E-state index in [0.717, 1.165) is 19.7 Å². The fourth-order valence-electron chi connectivity index (χ4n) is 3.53. The zero-order chi connectivity index (χ0) is 12.5. The van der Waals surface area contributed by atoms with E-state index >= 15 is 0 Å². The van der Waals surface area contributed by atoms with Crippen molar-refractivity contribution >= 4 is 5.97 Å². The predicted molar refractivity (Wildman–Crippen MR) is 64.9 cm³/mol. The molecular weight excluding hydrogens is 218 g/mol. The molecule has 0 bridgehead atoms. The van der Waals surface area contributed by atoms with E-state index in [9.17, 15) is 9.90 Å². The van der Waals surface area contributed by atoms with Crippen molar-refractivity contribution in [2.75, 3.05) is 26.8 Å². The van der Waals surface area contributed by atoms with Gasteiger partial charge in [0.15, 0.2) is 0 Å². The molecule has 2 fully saturated rings. The number of hydrogen-bond acceptors (Lipinski definition) is 3. The summed E-state index contributed by atoms with van der Waals surface area (Å²) in [5, 5.41) is 9.24. The van der Waals surface area contributed by atoms with Crippen molar-refractivity contribution in [1.82, 2.24) is 4.90 Å². The minimum absolute atomic E-state index is 0.311. The highest BCUT2D eigenvalue weighted by atomic mass is 16.5. The lowest BCUT2D eigenvalue weighted by Gasteiger charge is -2.43. The van der Waals surface area contributed by atoms with Gasteiger partial charge in [-0.2, -0.15) is 0 Å². The second-order valence-corrected chi connectivity index (χ2v) is 5.56. The first-order valence-corrected chi connectivity index (χ1v) is 6.59. The average molecular weight is 241 g/mol. The Hall–Kier alpha value is -0.610. The number of likely N-dealkylation sites (tertiary alicyclic amines) is 1. The number of carboxylic acids is 1. The maximum Gasteiger partial charge on any atom is 0.320 e. The fraction of sp³-hybridized carbons (Fsp3) is 0.923. The van der Waals surface area contributed by atoms with Gasteiger partial charge in [0, 0.05) is 26.1 Å². The summed E-state index contributed by atoms with van der Waals surface area (Å²) in [7, 11) is 1.74. The number of ether oxygens (including phenoxy) is 1. The van der Waals surface area contributed by atoms with Crippen molar-refractivity contribution < 1.29 is 14.6 Å². The van der Waals surface area contributed by atoms with Crippen LogP contribution in [0.25, 0.3) is 0 Å². The standard InChI is InChI=1S/C13H23NO3/c1-3-11(12(15)16)14-7-10(8-17-2)13(9-14)5-4-6-13/h10-11H,3-9H2,1-2H3,(H,15,16)/t10-,11-/m0/s1. The molecule has 4 heteroatoms. The van der Waals surface area contributed by atoms with Crippen molar-refractivity contribution in [3.05, 3.63) is 0 Å². The summed E-state index contributed by atoms with van der Waals surface area (Å²) in [6.07, 6.45) is 4.46. The van der Waals surface area contributed by atoms with Gasteiger partial charge in [-0.05, 0) is 24.7 Å². The molecule has 4 nitrogen and oxygen atoms in total. The molecule has 2 rings (SSSR count). The molecule has 1 aliphatic heterocycles. The van der Waals surface area contributed by atoms with E-state index in [1.165, 1.54) is 19.3 Å². The second-order valence-electron chi connectivity index (χ2n) is 5.56. The van der Waals surface area contributed by atoms with Gasteiger partial charge < -0.3 is 9.84 Å². The van der Waals surface area contributed by atoms with Crippen LogP contribution < -0.4 is 0 Å². The van der Waals surface area contributed by atoms with Gasteiger partial charge in [-0.1, -0.05) is 13.3 Å². The van der Waals surface area contributed by atoms with Crippen LogP contribution in [-0.2, 0) is 9.53 Å². The number of hydrogen-bond donors (Lipinski definition) is 1. The van der Waals surface area contributed by atoms with Gasteiger partial charge in [0.1, 0.15) is 6.04 Å². The van der Waals surface area contributed by atoms with E-state index in [1.54, 1.807) is 7.11 Å². The van der Waals surface area contributed by atoms with Crippen molar-refractivity contribution in [3.63, 3.8) is 0 Å². The maximum absolute atomic E-state index is 11.2. The molecule has 0 aromatic rings. The summed E-state index contributed by atoms with van der Waals surface area (Å²) < 4.78 is 5.31. The predicted octanol–water partition coefficient (Wildman–Crippen LogP) is 1.60. The minimum atomic E-state index is -0.681. The Bertz CT molecular complexity index is 288. The van der Waals surface area contributed by atoms with Gasteiger partial charge in [0.2, 0.25) is 0 Å². The molecule has 1 spiro atoms. The molecule has 17 heavy (non-hydrogen) atoms. The quantitative estimate of drug-likeness (QED) is 0.794. The van der Waals surface area contributed by atoms with Crippen LogP contribution in [0.1, 0.15) is 32.6 Å². The first-order valence-electron chi connectivity index (χ1n) is 6.59. The van der Waals surface area contributed by atoms with Crippen LogP contribution >= 0.6 is 0 Å². The van der Waals surface area contributed by atoms with Crippen LogP contribution in [0.3, 0.4) is 0 Å². The Balaban J connectivity index is 2.05. The van der Waals surface area contributed by atoms with Gasteiger partial charge >= 0.3 is 5.97 Å². The molecule has 0 aromatic heterocycles. The van der Waals surface area contributed by atoms with Crippen LogP contribution in [0.5, 0.6) is 0 Å². The molecule has 1 saturated heterocycles. The lowest BCUT2D eigenvalue weighted by atomic mass is 9.63. The van der Waals surface area contributed by atoms with Gasteiger partial charge in [-0.25, -0.2) is 0 Å². The summed E-state index contributed by atoms with van der Waals surface area (Å²) in [5.41, 5.74) is 0.360. The molecule has 98 valence electrons. The largest absolute Gasteiger partial charge is 0.480 e. The highest BCUT2D eigenvalue weighted by Crippen LogP contribution is 2.52. The molecule has 1 aliphatic carbocycles. The topological polar surface area (TPSA) is 49.8 Å². The molecule has 1 N–H and O–H groups in total. The van der Waals surface area contributed by atoms with E-state index in [2.05, 4.69) is 4.90 Å². The van der Waals surface area contributed by atoms with Crippen LogP contribution in [0.4, 0.5) is 0 Å². The van der Waals surface area contributed by atoms with Crippen LogP contribution in [0, 0.1) is 11.3 Å². The lowest BCUT2D eigenvalue weighted by molar-refractivity contribution is -0.143. The average Bonchev–Trinajstić information content (AvgIpc) is 2.58. The smallest absolute Gasteiger partial charge is 0.320 e. The lowest BCUT2D eigenvalue weighted by Crippen LogP contribution is -2.42. The van der Waals surface area contributed by atoms with Gasteiger partial charge in [-0.15, -0.1) is 0 Å². The van der Waals surface area contributed by atoms with Crippen LogP contribution in [0.15, 0.2) is 0 Å². The highest BCUT2D eigenvalue weighted by molar-refractivity contribution is 5.73. The van der Waals surface area contributed by atoms with E-state index in [4.69, 9.17) is 4.74 Å². The highest BCUT2D eigenvalue weighted by Gasteiger charge is 2.51. The summed E-state index contributed by atoms with van der Waals surface area (Å²) in [6, 6.07) is -0.311. The van der Waals surface area contributed by atoms with Crippen LogP contribution in [0.2, 0.25) is 0 Å². The van der Waals surface area contributed by atoms with Crippen LogP contribution in [-0.4, -0.2) is 48.8 Å². The van der Waals surface area contributed by atoms with E-state index in [-0.39, 0.29) is 6.04 Å². The molecular formula is C13H23NO3. The molecule has 0 amide bonds. The van der Waals surface area contributed by atoms with Crippen molar-refractivity contribution in [2.45, 2.75) is 38.6 Å². The summed E-state index contributed by atoms with van der Waals surface area (Å²) in [5.74, 6) is -0.158. The molecule has 0 unspecified atom stereocenters. The third-order valence-corrected chi connectivity index (χ3v) is 4.67. The minimum Gasteiger partial charge on any atom is -0.480 e. The monoisotopic (exact) mass is 241 g/mol. The number of aliphatic carboxylic acids is 1. The Morgan fingerprint density at radius 3 is 2.71 bits per heavy atom. The van der Waals surface area contributed by atoms with E-state index < -0.39 is 5.97 Å². The summed E-state index contributed by atoms with van der Waals surface area (Å²) in [4.78, 5) is 13.4. The Kier molecular flexibility index (Phi) is 3.73. The third-order valence-electron chi connectivity index (χ3n) is 4.67. The van der Waals surface area contributed by atoms with Crippen molar-refractivity contribution in [3.8, 4) is 0 Å². The van der Waals surface area contributed by atoms with Gasteiger partial charge in [-0.3, -0.25) is 9.69 Å². The Morgan fingerprint density at radius 1 is 1.59 bits per heavy atom. The number of carbonyl (C=O) groups is 1. The first-order chi connectivity index (χ1) is 8.13. The first kappa shape index (κ1) is 12.8. The molecule has 2 atom stereocenters. The molecule has 0 radical (unpaired) electrons. The molecule has 1 heterocycles. The molecule has 0 aromatic carbocycles. The zero-order valence-corrected chi connectivity index (χ0v) is 10.8. The maximum atomic E-state index is 11.2. The number of methoxy groups -OCH3 is 1. The second kappa shape index (κ2) is 4.94. The summed E-state index contributed by atoms with van der Waals surface area (Å²) in [6.45, 7) is 4.56. The zero-order valence-electron chi connectivity index (χ0n) is 10.8. The Morgan fingerprint density at radius 2 is 2.29 bits per heavy atom. The van der Waals surface area contributed by atoms with E-state index in [1.807, 2.05) is 6.92 Å². The van der Waals surface area contributed by atoms with Crippen molar-refractivity contribution in [2.24, 2.45) is 11.3 Å². The number of nitrogens with zero attached hydrogens (tertiary/aromatic N) is 1. The fourth-order valence-corrected chi connectivity index (χ4v) is 3.53. The van der Waals surface area contributed by atoms with Gasteiger partial charge in [0.25, 0.3) is 0 Å². The Labute approximate surface area is 103 Å². The molecule has 2 aliphatic rings. The van der Waals surface area contributed by atoms with Gasteiger partial charge in [0.05, 0.1) is 6.61 Å². The normalized spacial score (nSPS) is 29.2. The summed E-state index contributed by atoms with van der Waals surface area (Å²) >= 11 is 0. The number of carboxylic acid groups (broad SMARTS) is 1. The molecule has 1 saturated carbocycles.